The fraction of sp³-hybridized carbons (Fsp3) is 0.381. The van der Waals surface area contributed by atoms with Gasteiger partial charge < -0.3 is 37.5 Å². The number of hydrogen-bond donors (Lipinski definition) is 9. The second-order valence-electron chi connectivity index (χ2n) is 7.73. The number of carbonyl (C=O) groups excluding carboxylic acids is 4. The third kappa shape index (κ3) is 7.90. The molecule has 14 heteroatoms. The lowest BCUT2D eigenvalue weighted by Gasteiger charge is -2.23. The van der Waals surface area contributed by atoms with Crippen molar-refractivity contribution in [3.8, 4) is 0 Å². The van der Waals surface area contributed by atoms with Gasteiger partial charge >= 0.3 is 5.97 Å². The number of benzene rings is 1. The van der Waals surface area contributed by atoms with E-state index in [9.17, 15) is 29.1 Å². The van der Waals surface area contributed by atoms with E-state index in [1.807, 2.05) is 24.3 Å². The first-order valence-corrected chi connectivity index (χ1v) is 11.8. The zero-order chi connectivity index (χ0) is 26.1. The molecule has 1 aromatic heterocycles. The average molecular weight is 525 g/mol. The van der Waals surface area contributed by atoms with Gasteiger partial charge in [-0.05, 0) is 11.6 Å². The lowest BCUT2D eigenvalue weighted by Crippen LogP contribution is -2.58. The number of carbonyl (C=O) groups is 5. The molecule has 2 rings (SSSR count). The summed E-state index contributed by atoms with van der Waals surface area (Å²) < 4.78 is 0. The van der Waals surface area contributed by atoms with Gasteiger partial charge in [0.1, 0.15) is 18.1 Å². The minimum Gasteiger partial charge on any atom is -0.480 e. The fourth-order valence-corrected chi connectivity index (χ4v) is 3.65. The second kappa shape index (κ2) is 13.0. The number of para-hydroxylation sites is 1. The molecule has 0 radical (unpaired) electrons. The van der Waals surface area contributed by atoms with Crippen LogP contribution in [0.25, 0.3) is 10.9 Å². The first kappa shape index (κ1) is 28.0. The van der Waals surface area contributed by atoms with E-state index in [4.69, 9.17) is 11.5 Å². The summed E-state index contributed by atoms with van der Waals surface area (Å²) >= 11 is 7.96. The van der Waals surface area contributed by atoms with Crippen LogP contribution in [0.15, 0.2) is 30.5 Å². The highest BCUT2D eigenvalue weighted by Gasteiger charge is 2.30. The van der Waals surface area contributed by atoms with Crippen molar-refractivity contribution in [2.75, 3.05) is 11.5 Å². The maximum absolute atomic E-state index is 12.8. The number of hydrogen-bond acceptors (Lipinski definition) is 8. The molecule has 0 saturated carbocycles. The molecule has 9 N–H and O–H groups in total. The Morgan fingerprint density at radius 2 is 1.51 bits per heavy atom. The van der Waals surface area contributed by atoms with Crippen LogP contribution in [0.1, 0.15) is 12.0 Å². The summed E-state index contributed by atoms with van der Waals surface area (Å²) in [5.41, 5.74) is 12.2. The number of thiol groups is 2. The van der Waals surface area contributed by atoms with Gasteiger partial charge in [-0.3, -0.25) is 19.2 Å². The van der Waals surface area contributed by atoms with Crippen molar-refractivity contribution in [1.82, 2.24) is 20.9 Å². The number of amides is 4. The Morgan fingerprint density at radius 1 is 0.914 bits per heavy atom. The van der Waals surface area contributed by atoms with E-state index >= 15 is 0 Å². The predicted molar refractivity (Wildman–Crippen MR) is 135 cm³/mol. The highest BCUT2D eigenvalue weighted by molar-refractivity contribution is 7.80. The molecular formula is C21H28N6O6S2. The summed E-state index contributed by atoms with van der Waals surface area (Å²) in [6.07, 6.45) is 1.10. The monoisotopic (exact) mass is 524 g/mol. The Balaban J connectivity index is 2.10. The largest absolute Gasteiger partial charge is 0.480 e. The first-order valence-electron chi connectivity index (χ1n) is 10.5. The minimum atomic E-state index is -1.40. The van der Waals surface area contributed by atoms with Crippen LogP contribution in [-0.4, -0.2) is 75.4 Å². The van der Waals surface area contributed by atoms with Gasteiger partial charge in [-0.1, -0.05) is 18.2 Å². The summed E-state index contributed by atoms with van der Waals surface area (Å²) in [4.78, 5) is 63.8. The van der Waals surface area contributed by atoms with E-state index in [1.165, 1.54) is 0 Å². The van der Waals surface area contributed by atoms with E-state index in [0.29, 0.717) is 5.56 Å². The van der Waals surface area contributed by atoms with Crippen LogP contribution in [0.5, 0.6) is 0 Å². The molecule has 0 aliphatic heterocycles. The number of nitrogens with one attached hydrogen (secondary N) is 4. The summed E-state index contributed by atoms with van der Waals surface area (Å²) in [6, 6.07) is 2.31. The number of carboxylic acids is 1. The van der Waals surface area contributed by atoms with E-state index in [0.717, 1.165) is 10.9 Å². The van der Waals surface area contributed by atoms with Crippen molar-refractivity contribution in [3.05, 3.63) is 36.0 Å². The second-order valence-corrected chi connectivity index (χ2v) is 8.46. The van der Waals surface area contributed by atoms with E-state index in [2.05, 4.69) is 46.2 Å². The van der Waals surface area contributed by atoms with Gasteiger partial charge in [0.15, 0.2) is 0 Å². The summed E-state index contributed by atoms with van der Waals surface area (Å²) in [6.45, 7) is 0. The molecule has 4 amide bonds. The zero-order valence-corrected chi connectivity index (χ0v) is 20.4. The Morgan fingerprint density at radius 3 is 2.11 bits per heavy atom. The standard InChI is InChI=1S/C21H28N6O6S2/c22-12(8-34)18(29)25-14(6-17(23)28)19(30)27-16(9-35)20(31)26-15(21(32)33)5-10-7-24-13-4-2-1-3-11(10)13/h1-4,7,12,14-16,24,34-35H,5-6,8-9,22H2,(H2,23,28)(H,25,29)(H,26,31)(H,27,30)(H,32,33). The van der Waals surface area contributed by atoms with Gasteiger partial charge in [-0.2, -0.15) is 25.3 Å². The number of aromatic nitrogens is 1. The zero-order valence-electron chi connectivity index (χ0n) is 18.6. The molecule has 0 aliphatic rings. The van der Waals surface area contributed by atoms with Crippen molar-refractivity contribution in [2.24, 2.45) is 11.5 Å². The molecule has 0 saturated heterocycles. The molecule has 35 heavy (non-hydrogen) atoms. The molecule has 0 bridgehead atoms. The van der Waals surface area contributed by atoms with Crippen LogP contribution in [0.2, 0.25) is 0 Å². The number of carboxylic acid groups (broad SMARTS) is 1. The topological polar surface area (TPSA) is 209 Å². The van der Waals surface area contributed by atoms with Crippen LogP contribution in [0, 0.1) is 0 Å². The fourth-order valence-electron chi connectivity index (χ4n) is 3.23. The van der Waals surface area contributed by atoms with Crippen LogP contribution >= 0.6 is 25.3 Å². The molecular weight excluding hydrogens is 496 g/mol. The Hall–Kier alpha value is -3.23. The van der Waals surface area contributed by atoms with Gasteiger partial charge in [0.05, 0.1) is 12.5 Å². The van der Waals surface area contributed by atoms with Gasteiger partial charge in [0, 0.05) is 35.0 Å². The van der Waals surface area contributed by atoms with Crippen molar-refractivity contribution in [1.29, 1.82) is 0 Å². The third-order valence-electron chi connectivity index (χ3n) is 5.10. The number of aromatic amines is 1. The van der Waals surface area contributed by atoms with Gasteiger partial charge in [-0.25, -0.2) is 4.79 Å². The first-order chi connectivity index (χ1) is 16.6. The summed E-state index contributed by atoms with van der Waals surface area (Å²) in [5.74, 6) is -4.78. The number of fused-ring (bicyclic) bond motifs is 1. The van der Waals surface area contributed by atoms with Crippen molar-refractivity contribution in [3.63, 3.8) is 0 Å². The van der Waals surface area contributed by atoms with E-state index in [-0.39, 0.29) is 17.9 Å². The highest BCUT2D eigenvalue weighted by atomic mass is 32.1. The Bertz CT molecular complexity index is 1090. The lowest BCUT2D eigenvalue weighted by molar-refractivity contribution is -0.142. The number of aliphatic carboxylic acids is 1. The van der Waals surface area contributed by atoms with Crippen molar-refractivity contribution >= 4 is 65.8 Å². The lowest BCUT2D eigenvalue weighted by atomic mass is 10.0. The van der Waals surface area contributed by atoms with Crippen LogP contribution in [-0.2, 0) is 30.4 Å². The summed E-state index contributed by atoms with van der Waals surface area (Å²) in [7, 11) is 0. The smallest absolute Gasteiger partial charge is 0.326 e. The molecule has 1 heterocycles. The molecule has 12 nitrogen and oxygen atoms in total. The average Bonchev–Trinajstić information content (AvgIpc) is 3.23. The molecule has 4 unspecified atom stereocenters. The van der Waals surface area contributed by atoms with E-state index in [1.54, 1.807) is 6.20 Å². The van der Waals surface area contributed by atoms with Crippen LogP contribution in [0.3, 0.4) is 0 Å². The quantitative estimate of drug-likeness (QED) is 0.139. The maximum atomic E-state index is 12.8. The SMILES string of the molecule is NC(=O)CC(NC(=O)C(N)CS)C(=O)NC(CS)C(=O)NC(Cc1c[nH]c2ccccc12)C(=O)O. The van der Waals surface area contributed by atoms with Crippen LogP contribution in [0.4, 0.5) is 0 Å². The highest BCUT2D eigenvalue weighted by Crippen LogP contribution is 2.19. The number of H-pyrrole nitrogens is 1. The molecule has 190 valence electrons. The normalized spacial score (nSPS) is 14.4. The van der Waals surface area contributed by atoms with E-state index < -0.39 is 60.2 Å². The molecule has 2 aromatic rings. The number of nitrogens with two attached hydrogens (primary N) is 2. The molecule has 4 atom stereocenters. The van der Waals surface area contributed by atoms with Gasteiger partial charge in [-0.15, -0.1) is 0 Å². The number of primary amides is 1. The maximum Gasteiger partial charge on any atom is 0.326 e. The van der Waals surface area contributed by atoms with Crippen molar-refractivity contribution < 1.29 is 29.1 Å². The molecule has 0 aliphatic carbocycles. The molecule has 0 fully saturated rings. The molecule has 0 spiro atoms. The number of rotatable bonds is 13. The van der Waals surface area contributed by atoms with Gasteiger partial charge in [0.25, 0.3) is 0 Å². The predicted octanol–water partition coefficient (Wildman–Crippen LogP) is -1.69. The Kier molecular flexibility index (Phi) is 10.4. The van der Waals surface area contributed by atoms with Crippen molar-refractivity contribution in [2.45, 2.75) is 37.0 Å². The van der Waals surface area contributed by atoms with Crippen LogP contribution < -0.4 is 27.4 Å². The third-order valence-corrected chi connectivity index (χ3v) is 5.86. The molecule has 1 aromatic carbocycles. The minimum absolute atomic E-state index is 0.00851. The summed E-state index contributed by atoms with van der Waals surface area (Å²) in [5, 5.41) is 17.5. The Labute approximate surface area is 211 Å². The van der Waals surface area contributed by atoms with Gasteiger partial charge in [0.2, 0.25) is 23.6 Å².